The Morgan fingerprint density at radius 1 is 1.24 bits per heavy atom. The maximum Gasteiger partial charge on any atom is 0.391 e. The van der Waals surface area contributed by atoms with Crippen LogP contribution in [0.25, 0.3) is 10.8 Å². The first-order valence-corrected chi connectivity index (χ1v) is 7.34. The van der Waals surface area contributed by atoms with E-state index in [1.165, 1.54) is 7.11 Å². The number of rotatable bonds is 6. The van der Waals surface area contributed by atoms with Gasteiger partial charge in [-0.3, -0.25) is 4.79 Å². The molecule has 0 aliphatic carbocycles. The van der Waals surface area contributed by atoms with E-state index in [1.54, 1.807) is 30.3 Å². The lowest BCUT2D eigenvalue weighted by atomic mass is 10.0. The SMILES string of the molecule is COc1ccc2cccc(CC(=O)NC(CC(F)(F)F)C(=O)O)c2c1. The number of carboxylic acids is 1. The number of benzene rings is 2. The van der Waals surface area contributed by atoms with Gasteiger partial charge in [-0.1, -0.05) is 24.3 Å². The highest BCUT2D eigenvalue weighted by Crippen LogP contribution is 2.25. The van der Waals surface area contributed by atoms with Gasteiger partial charge in [0.05, 0.1) is 20.0 Å². The Hall–Kier alpha value is -2.77. The molecule has 25 heavy (non-hydrogen) atoms. The highest BCUT2D eigenvalue weighted by molar-refractivity contribution is 5.92. The zero-order valence-corrected chi connectivity index (χ0v) is 13.3. The Balaban J connectivity index is 2.19. The zero-order valence-electron chi connectivity index (χ0n) is 13.3. The Kier molecular flexibility index (Phi) is 5.51. The van der Waals surface area contributed by atoms with E-state index < -0.39 is 30.5 Å². The van der Waals surface area contributed by atoms with Gasteiger partial charge >= 0.3 is 12.1 Å². The Labute approximate surface area is 141 Å². The summed E-state index contributed by atoms with van der Waals surface area (Å²) < 4.78 is 42.3. The normalized spacial score (nSPS) is 12.6. The second kappa shape index (κ2) is 7.42. The number of methoxy groups -OCH3 is 1. The summed E-state index contributed by atoms with van der Waals surface area (Å²) in [6, 6.07) is 8.41. The molecule has 1 amide bonds. The molecule has 1 atom stereocenters. The molecule has 0 aliphatic heterocycles. The summed E-state index contributed by atoms with van der Waals surface area (Å²) in [4.78, 5) is 23.0. The summed E-state index contributed by atoms with van der Waals surface area (Å²) in [6.07, 6.45) is -6.56. The number of fused-ring (bicyclic) bond motifs is 1. The second-order valence-corrected chi connectivity index (χ2v) is 5.46. The van der Waals surface area contributed by atoms with E-state index >= 15 is 0 Å². The number of carboxylic acid groups (broad SMARTS) is 1. The summed E-state index contributed by atoms with van der Waals surface area (Å²) >= 11 is 0. The van der Waals surface area contributed by atoms with Crippen LogP contribution >= 0.6 is 0 Å². The lowest BCUT2D eigenvalue weighted by Gasteiger charge is -2.16. The molecule has 8 heteroatoms. The Morgan fingerprint density at radius 2 is 1.96 bits per heavy atom. The Morgan fingerprint density at radius 3 is 2.56 bits per heavy atom. The fourth-order valence-corrected chi connectivity index (χ4v) is 2.45. The van der Waals surface area contributed by atoms with E-state index in [9.17, 15) is 22.8 Å². The van der Waals surface area contributed by atoms with Gasteiger partial charge in [-0.25, -0.2) is 4.79 Å². The second-order valence-electron chi connectivity index (χ2n) is 5.46. The van der Waals surface area contributed by atoms with E-state index in [2.05, 4.69) is 0 Å². The lowest BCUT2D eigenvalue weighted by molar-refractivity contribution is -0.159. The molecule has 0 saturated carbocycles. The largest absolute Gasteiger partial charge is 0.497 e. The predicted molar refractivity (Wildman–Crippen MR) is 84.4 cm³/mol. The van der Waals surface area contributed by atoms with Crippen LogP contribution in [0.3, 0.4) is 0 Å². The molecule has 0 radical (unpaired) electrons. The summed E-state index contributed by atoms with van der Waals surface area (Å²) in [5, 5.41) is 12.3. The van der Waals surface area contributed by atoms with Crippen molar-refractivity contribution in [1.29, 1.82) is 0 Å². The van der Waals surface area contributed by atoms with Crippen LogP contribution in [-0.4, -0.2) is 36.3 Å². The molecule has 0 spiro atoms. The quantitative estimate of drug-likeness (QED) is 0.835. The van der Waals surface area contributed by atoms with Crippen molar-refractivity contribution in [3.63, 3.8) is 0 Å². The maximum absolute atomic E-state index is 12.4. The van der Waals surface area contributed by atoms with Crippen LogP contribution in [0.2, 0.25) is 0 Å². The summed E-state index contributed by atoms with van der Waals surface area (Å²) in [7, 11) is 1.49. The van der Waals surface area contributed by atoms with Gasteiger partial charge in [0.1, 0.15) is 11.8 Å². The number of amides is 1. The fraction of sp³-hybridized carbons (Fsp3) is 0.294. The van der Waals surface area contributed by atoms with Gasteiger partial charge in [-0.2, -0.15) is 13.2 Å². The van der Waals surface area contributed by atoms with Crippen molar-refractivity contribution in [2.45, 2.75) is 25.1 Å². The molecule has 134 valence electrons. The van der Waals surface area contributed by atoms with Crippen molar-refractivity contribution in [2.75, 3.05) is 7.11 Å². The standard InChI is InChI=1S/C17H16F3NO4/c1-25-12-6-5-10-3-2-4-11(13(10)8-12)7-15(22)21-14(16(23)24)9-17(18,19)20/h2-6,8,14H,7,9H2,1H3,(H,21,22)(H,23,24). The fourth-order valence-electron chi connectivity index (χ4n) is 2.45. The first-order chi connectivity index (χ1) is 11.7. The van der Waals surface area contributed by atoms with Gasteiger partial charge in [0.25, 0.3) is 0 Å². The van der Waals surface area contributed by atoms with Crippen molar-refractivity contribution < 1.29 is 32.6 Å². The number of hydrogen-bond donors (Lipinski definition) is 2. The number of alkyl halides is 3. The maximum atomic E-state index is 12.4. The monoisotopic (exact) mass is 355 g/mol. The first-order valence-electron chi connectivity index (χ1n) is 7.34. The van der Waals surface area contributed by atoms with Crippen molar-refractivity contribution in [3.8, 4) is 5.75 Å². The summed E-state index contributed by atoms with van der Waals surface area (Å²) in [5.74, 6) is -1.96. The van der Waals surface area contributed by atoms with Crippen LogP contribution in [0.1, 0.15) is 12.0 Å². The van der Waals surface area contributed by atoms with Gasteiger partial charge in [0, 0.05) is 0 Å². The number of halogens is 3. The highest BCUT2D eigenvalue weighted by atomic mass is 19.4. The van der Waals surface area contributed by atoms with E-state index in [-0.39, 0.29) is 6.42 Å². The third-order valence-electron chi connectivity index (χ3n) is 3.60. The third-order valence-corrected chi connectivity index (χ3v) is 3.60. The van der Waals surface area contributed by atoms with Crippen molar-refractivity contribution >= 4 is 22.6 Å². The van der Waals surface area contributed by atoms with Gasteiger partial charge in [0.2, 0.25) is 5.91 Å². The van der Waals surface area contributed by atoms with E-state index in [0.717, 1.165) is 5.39 Å². The van der Waals surface area contributed by atoms with Crippen molar-refractivity contribution in [2.24, 2.45) is 0 Å². The number of aliphatic carboxylic acids is 1. The topological polar surface area (TPSA) is 75.6 Å². The van der Waals surface area contributed by atoms with Crippen molar-refractivity contribution in [3.05, 3.63) is 42.0 Å². The van der Waals surface area contributed by atoms with E-state index in [4.69, 9.17) is 9.84 Å². The number of carbonyl (C=O) groups is 2. The van der Waals surface area contributed by atoms with Crippen LogP contribution in [0.15, 0.2) is 36.4 Å². The number of hydrogen-bond acceptors (Lipinski definition) is 3. The van der Waals surface area contributed by atoms with Crippen LogP contribution in [0.5, 0.6) is 5.75 Å². The smallest absolute Gasteiger partial charge is 0.391 e. The molecule has 2 aromatic carbocycles. The minimum absolute atomic E-state index is 0.244. The van der Waals surface area contributed by atoms with Gasteiger partial charge in [0.15, 0.2) is 0 Å². The molecule has 0 bridgehead atoms. The van der Waals surface area contributed by atoms with Gasteiger partial charge in [-0.05, 0) is 28.5 Å². The minimum Gasteiger partial charge on any atom is -0.497 e. The van der Waals surface area contributed by atoms with Crippen LogP contribution in [-0.2, 0) is 16.0 Å². The molecule has 0 saturated heterocycles. The van der Waals surface area contributed by atoms with Crippen LogP contribution in [0.4, 0.5) is 13.2 Å². The third kappa shape index (κ3) is 5.10. The zero-order chi connectivity index (χ0) is 18.6. The highest BCUT2D eigenvalue weighted by Gasteiger charge is 2.36. The number of ether oxygens (including phenoxy) is 1. The molecule has 0 aliphatic rings. The number of nitrogens with one attached hydrogen (secondary N) is 1. The van der Waals surface area contributed by atoms with E-state index in [0.29, 0.717) is 16.7 Å². The minimum atomic E-state index is -4.69. The van der Waals surface area contributed by atoms with Crippen LogP contribution < -0.4 is 10.1 Å². The van der Waals surface area contributed by atoms with Crippen molar-refractivity contribution in [1.82, 2.24) is 5.32 Å². The molecular weight excluding hydrogens is 339 g/mol. The molecule has 0 heterocycles. The molecule has 0 aromatic heterocycles. The molecular formula is C17H16F3NO4. The first kappa shape index (κ1) is 18.6. The predicted octanol–water partition coefficient (Wildman–Crippen LogP) is 2.91. The van der Waals surface area contributed by atoms with Gasteiger partial charge in [-0.15, -0.1) is 0 Å². The van der Waals surface area contributed by atoms with Crippen LogP contribution in [0, 0.1) is 0 Å². The lowest BCUT2D eigenvalue weighted by Crippen LogP contribution is -2.44. The van der Waals surface area contributed by atoms with E-state index in [1.807, 2.05) is 11.4 Å². The molecule has 0 fully saturated rings. The Bertz CT molecular complexity index is 789. The summed E-state index contributed by atoms with van der Waals surface area (Å²) in [5.41, 5.74) is 0.560. The molecule has 2 aromatic rings. The molecule has 2 rings (SSSR count). The average molecular weight is 355 g/mol. The molecule has 1 unspecified atom stereocenters. The number of carbonyl (C=O) groups excluding carboxylic acids is 1. The molecule has 5 nitrogen and oxygen atoms in total. The van der Waals surface area contributed by atoms with Gasteiger partial charge < -0.3 is 15.2 Å². The molecule has 2 N–H and O–H groups in total. The average Bonchev–Trinajstić information content (AvgIpc) is 2.52. The summed E-state index contributed by atoms with van der Waals surface area (Å²) in [6.45, 7) is 0.